The zero-order chi connectivity index (χ0) is 13.9. The van der Waals surface area contributed by atoms with Crippen molar-refractivity contribution in [3.63, 3.8) is 0 Å². The van der Waals surface area contributed by atoms with Crippen molar-refractivity contribution >= 4 is 22.1 Å². The molecule has 0 spiro atoms. The molecule has 20 heavy (non-hydrogen) atoms. The molecule has 1 fully saturated rings. The van der Waals surface area contributed by atoms with Crippen LogP contribution in [0.5, 0.6) is 0 Å². The lowest BCUT2D eigenvalue weighted by Gasteiger charge is -2.33. The number of nitrogens with one attached hydrogen (secondary N) is 1. The maximum absolute atomic E-state index is 6.03. The summed E-state index contributed by atoms with van der Waals surface area (Å²) in [6.07, 6.45) is 6.16. The number of pyridine rings is 1. The first-order chi connectivity index (χ1) is 9.78. The Kier molecular flexibility index (Phi) is 3.74. The SMILES string of the molecule is CCN1CCCC(Nc2ccc(N)c3cnccc23)C1. The van der Waals surface area contributed by atoms with E-state index < -0.39 is 0 Å². The van der Waals surface area contributed by atoms with Crippen LogP contribution in [-0.2, 0) is 0 Å². The summed E-state index contributed by atoms with van der Waals surface area (Å²) in [6, 6.07) is 6.60. The largest absolute Gasteiger partial charge is 0.398 e. The van der Waals surface area contributed by atoms with E-state index in [1.165, 1.54) is 25.1 Å². The molecule has 1 atom stereocenters. The van der Waals surface area contributed by atoms with Gasteiger partial charge in [0.25, 0.3) is 0 Å². The van der Waals surface area contributed by atoms with Crippen molar-refractivity contribution in [1.29, 1.82) is 0 Å². The highest BCUT2D eigenvalue weighted by atomic mass is 15.2. The lowest BCUT2D eigenvalue weighted by atomic mass is 10.0. The van der Waals surface area contributed by atoms with Crippen molar-refractivity contribution in [3.05, 3.63) is 30.6 Å². The standard InChI is InChI=1S/C16H22N4/c1-2-20-9-3-4-12(11-20)19-16-6-5-15(17)14-10-18-8-7-13(14)16/h5-8,10,12,19H,2-4,9,11,17H2,1H3. The smallest absolute Gasteiger partial charge is 0.0425 e. The monoisotopic (exact) mass is 270 g/mol. The van der Waals surface area contributed by atoms with Gasteiger partial charge in [-0.3, -0.25) is 4.98 Å². The predicted molar refractivity (Wildman–Crippen MR) is 84.9 cm³/mol. The van der Waals surface area contributed by atoms with Crippen molar-refractivity contribution in [2.75, 3.05) is 30.7 Å². The van der Waals surface area contributed by atoms with Crippen LogP contribution in [0.25, 0.3) is 10.8 Å². The van der Waals surface area contributed by atoms with E-state index in [0.717, 1.165) is 29.5 Å². The molecule has 106 valence electrons. The summed E-state index contributed by atoms with van der Waals surface area (Å²) < 4.78 is 0. The normalized spacial score (nSPS) is 20.1. The van der Waals surface area contributed by atoms with Gasteiger partial charge in [0.15, 0.2) is 0 Å². The Bertz CT molecular complexity index is 596. The van der Waals surface area contributed by atoms with Gasteiger partial charge in [-0.1, -0.05) is 6.92 Å². The van der Waals surface area contributed by atoms with Crippen molar-refractivity contribution < 1.29 is 0 Å². The van der Waals surface area contributed by atoms with E-state index in [4.69, 9.17) is 5.73 Å². The van der Waals surface area contributed by atoms with Crippen LogP contribution in [0.2, 0.25) is 0 Å². The Labute approximate surface area is 120 Å². The molecule has 1 aliphatic heterocycles. The molecule has 2 aromatic rings. The molecule has 4 heteroatoms. The first kappa shape index (κ1) is 13.2. The molecule has 4 nitrogen and oxygen atoms in total. The number of fused-ring (bicyclic) bond motifs is 1. The topological polar surface area (TPSA) is 54.2 Å². The lowest BCUT2D eigenvalue weighted by molar-refractivity contribution is 0.227. The average Bonchev–Trinajstić information content (AvgIpc) is 2.51. The number of likely N-dealkylation sites (N-methyl/N-ethyl adjacent to an activating group) is 1. The summed E-state index contributed by atoms with van der Waals surface area (Å²) >= 11 is 0. The number of likely N-dealkylation sites (tertiary alicyclic amines) is 1. The van der Waals surface area contributed by atoms with Crippen molar-refractivity contribution in [2.24, 2.45) is 0 Å². The summed E-state index contributed by atoms with van der Waals surface area (Å²) in [6.45, 7) is 5.70. The molecule has 0 aliphatic carbocycles. The van der Waals surface area contributed by atoms with E-state index in [0.29, 0.717) is 6.04 Å². The molecule has 3 N–H and O–H groups in total. The molecule has 0 radical (unpaired) electrons. The third-order valence-electron chi connectivity index (χ3n) is 4.16. The molecule has 0 bridgehead atoms. The number of nitrogens with two attached hydrogens (primary N) is 1. The summed E-state index contributed by atoms with van der Waals surface area (Å²) in [5.41, 5.74) is 7.98. The van der Waals surface area contributed by atoms with Gasteiger partial charge in [0.1, 0.15) is 0 Å². The van der Waals surface area contributed by atoms with Crippen LogP contribution in [0.3, 0.4) is 0 Å². The molecular weight excluding hydrogens is 248 g/mol. The zero-order valence-corrected chi connectivity index (χ0v) is 12.0. The van der Waals surface area contributed by atoms with Crippen LogP contribution in [0, 0.1) is 0 Å². The third-order valence-corrected chi connectivity index (χ3v) is 4.16. The second kappa shape index (κ2) is 5.67. The Balaban J connectivity index is 1.86. The van der Waals surface area contributed by atoms with Gasteiger partial charge in [-0.25, -0.2) is 0 Å². The number of nitrogens with zero attached hydrogens (tertiary/aromatic N) is 2. The minimum atomic E-state index is 0.517. The summed E-state index contributed by atoms with van der Waals surface area (Å²) in [7, 11) is 0. The van der Waals surface area contributed by atoms with Crippen molar-refractivity contribution in [3.8, 4) is 0 Å². The van der Waals surface area contributed by atoms with Gasteiger partial charge in [-0.15, -0.1) is 0 Å². The summed E-state index contributed by atoms with van der Waals surface area (Å²) in [4.78, 5) is 6.67. The van der Waals surface area contributed by atoms with Gasteiger partial charge in [0, 0.05) is 47.1 Å². The summed E-state index contributed by atoms with van der Waals surface area (Å²) in [5.74, 6) is 0. The predicted octanol–water partition coefficient (Wildman–Crippen LogP) is 2.71. The summed E-state index contributed by atoms with van der Waals surface area (Å²) in [5, 5.41) is 5.88. The van der Waals surface area contributed by atoms with Crippen LogP contribution in [0.15, 0.2) is 30.6 Å². The number of anilines is 2. The number of hydrogen-bond acceptors (Lipinski definition) is 4. The fourth-order valence-electron chi connectivity index (χ4n) is 3.02. The molecular formula is C16H22N4. The second-order valence-electron chi connectivity index (χ2n) is 5.50. The number of benzene rings is 1. The van der Waals surface area contributed by atoms with Crippen LogP contribution >= 0.6 is 0 Å². The Morgan fingerprint density at radius 2 is 2.25 bits per heavy atom. The van der Waals surface area contributed by atoms with E-state index in [1.807, 2.05) is 24.5 Å². The molecule has 1 aromatic heterocycles. The molecule has 0 amide bonds. The minimum Gasteiger partial charge on any atom is -0.398 e. The Morgan fingerprint density at radius 3 is 3.10 bits per heavy atom. The zero-order valence-electron chi connectivity index (χ0n) is 12.0. The van der Waals surface area contributed by atoms with E-state index in [1.54, 1.807) is 0 Å². The molecule has 1 aromatic carbocycles. The van der Waals surface area contributed by atoms with E-state index in [-0.39, 0.29) is 0 Å². The maximum Gasteiger partial charge on any atom is 0.0425 e. The Morgan fingerprint density at radius 1 is 1.35 bits per heavy atom. The lowest BCUT2D eigenvalue weighted by Crippen LogP contribution is -2.41. The van der Waals surface area contributed by atoms with Gasteiger partial charge in [0.05, 0.1) is 0 Å². The third kappa shape index (κ3) is 2.56. The molecule has 1 unspecified atom stereocenters. The van der Waals surface area contributed by atoms with Crippen molar-refractivity contribution in [2.45, 2.75) is 25.8 Å². The first-order valence-corrected chi connectivity index (χ1v) is 7.39. The van der Waals surface area contributed by atoms with Crippen molar-refractivity contribution in [1.82, 2.24) is 9.88 Å². The number of nitrogen functional groups attached to an aromatic ring is 1. The first-order valence-electron chi connectivity index (χ1n) is 7.39. The minimum absolute atomic E-state index is 0.517. The fourth-order valence-corrected chi connectivity index (χ4v) is 3.02. The molecule has 3 rings (SSSR count). The van der Waals surface area contributed by atoms with E-state index >= 15 is 0 Å². The molecule has 1 saturated heterocycles. The van der Waals surface area contributed by atoms with Crippen LogP contribution < -0.4 is 11.1 Å². The highest BCUT2D eigenvalue weighted by Gasteiger charge is 2.19. The highest BCUT2D eigenvalue weighted by molar-refractivity contribution is 6.00. The average molecular weight is 270 g/mol. The van der Waals surface area contributed by atoms with Gasteiger partial charge >= 0.3 is 0 Å². The van der Waals surface area contributed by atoms with Crippen LogP contribution in [0.4, 0.5) is 11.4 Å². The van der Waals surface area contributed by atoms with Gasteiger partial charge < -0.3 is 16.0 Å². The van der Waals surface area contributed by atoms with E-state index in [9.17, 15) is 0 Å². The van der Waals surface area contributed by atoms with Gasteiger partial charge in [-0.05, 0) is 44.1 Å². The van der Waals surface area contributed by atoms with E-state index in [2.05, 4.69) is 28.2 Å². The maximum atomic E-state index is 6.03. The quantitative estimate of drug-likeness (QED) is 0.842. The number of aromatic nitrogens is 1. The molecule has 0 saturated carbocycles. The number of hydrogen-bond donors (Lipinski definition) is 2. The molecule has 2 heterocycles. The van der Waals surface area contributed by atoms with Gasteiger partial charge in [0.2, 0.25) is 0 Å². The second-order valence-corrected chi connectivity index (χ2v) is 5.50. The van der Waals surface area contributed by atoms with Gasteiger partial charge in [-0.2, -0.15) is 0 Å². The Hall–Kier alpha value is -1.81. The van der Waals surface area contributed by atoms with Crippen LogP contribution in [0.1, 0.15) is 19.8 Å². The fraction of sp³-hybridized carbons (Fsp3) is 0.438. The van der Waals surface area contributed by atoms with Crippen LogP contribution in [-0.4, -0.2) is 35.6 Å². The number of rotatable bonds is 3. The number of piperidine rings is 1. The highest BCUT2D eigenvalue weighted by Crippen LogP contribution is 2.28. The molecule has 1 aliphatic rings.